The van der Waals surface area contributed by atoms with E-state index in [4.69, 9.17) is 5.11 Å². The van der Waals surface area contributed by atoms with Crippen molar-refractivity contribution in [2.45, 2.75) is 33.2 Å². The van der Waals surface area contributed by atoms with Crippen molar-refractivity contribution >= 4 is 22.3 Å². The molecule has 1 unspecified atom stereocenters. The van der Waals surface area contributed by atoms with Crippen LogP contribution >= 0.6 is 0 Å². The second-order valence-corrected chi connectivity index (χ2v) is 5.09. The molecule has 0 aromatic heterocycles. The van der Waals surface area contributed by atoms with Gasteiger partial charge in [-0.15, -0.1) is 0 Å². The summed E-state index contributed by atoms with van der Waals surface area (Å²) >= 11 is 0. The highest BCUT2D eigenvalue weighted by Crippen LogP contribution is 2.08. The topological polar surface area (TPSA) is 122 Å². The van der Waals surface area contributed by atoms with Gasteiger partial charge in [0, 0.05) is 0 Å². The van der Waals surface area contributed by atoms with E-state index >= 15 is 0 Å². The molecule has 9 heteroatoms. The van der Waals surface area contributed by atoms with E-state index < -0.39 is 34.2 Å². The molecule has 0 radical (unpaired) electrons. The number of carbonyl (C=O) groups excluding carboxylic acids is 1. The first-order chi connectivity index (χ1) is 8.23. The Morgan fingerprint density at radius 1 is 1.33 bits per heavy atom. The van der Waals surface area contributed by atoms with Gasteiger partial charge >= 0.3 is 22.3 Å². The highest BCUT2D eigenvalue weighted by atomic mass is 32.2. The summed E-state index contributed by atoms with van der Waals surface area (Å²) in [6, 6.07) is -1.30. The average Bonchev–Trinajstić information content (AvgIpc) is 2.24. The average molecular weight is 282 g/mol. The van der Waals surface area contributed by atoms with Crippen LogP contribution in [0.1, 0.15) is 27.2 Å². The molecular weight excluding hydrogens is 264 g/mol. The summed E-state index contributed by atoms with van der Waals surface area (Å²) in [7, 11) is -4.26. The SMILES string of the molecule is CCOC(=O)NS(=O)(=O)N[C@H](C(=O)O)C(C)CC. The zero-order valence-corrected chi connectivity index (χ0v) is 11.3. The molecule has 18 heavy (non-hydrogen) atoms. The molecule has 0 saturated carbocycles. The summed E-state index contributed by atoms with van der Waals surface area (Å²) in [6.07, 6.45) is -0.683. The van der Waals surface area contributed by atoms with Gasteiger partial charge in [0.05, 0.1) is 6.61 Å². The highest BCUT2D eigenvalue weighted by Gasteiger charge is 2.29. The second-order valence-electron chi connectivity index (χ2n) is 3.65. The van der Waals surface area contributed by atoms with Crippen molar-refractivity contribution in [3.63, 3.8) is 0 Å². The number of ether oxygens (including phenoxy) is 1. The minimum Gasteiger partial charge on any atom is -0.480 e. The smallest absolute Gasteiger partial charge is 0.421 e. The molecule has 0 aliphatic heterocycles. The summed E-state index contributed by atoms with van der Waals surface area (Å²) in [6.45, 7) is 4.84. The van der Waals surface area contributed by atoms with E-state index in [0.29, 0.717) is 6.42 Å². The van der Waals surface area contributed by atoms with Crippen LogP contribution in [0, 0.1) is 5.92 Å². The van der Waals surface area contributed by atoms with Gasteiger partial charge < -0.3 is 9.84 Å². The van der Waals surface area contributed by atoms with E-state index in [1.807, 2.05) is 4.72 Å². The molecule has 0 saturated heterocycles. The molecule has 8 nitrogen and oxygen atoms in total. The lowest BCUT2D eigenvalue weighted by Gasteiger charge is -2.19. The maximum absolute atomic E-state index is 11.5. The van der Waals surface area contributed by atoms with Gasteiger partial charge in [0.2, 0.25) is 0 Å². The number of aliphatic carboxylic acids is 1. The van der Waals surface area contributed by atoms with Gasteiger partial charge in [-0.1, -0.05) is 20.3 Å². The van der Waals surface area contributed by atoms with E-state index in [9.17, 15) is 18.0 Å². The van der Waals surface area contributed by atoms with Gasteiger partial charge in [0.1, 0.15) is 6.04 Å². The minimum atomic E-state index is -4.26. The van der Waals surface area contributed by atoms with Crippen LogP contribution in [0.15, 0.2) is 0 Å². The molecule has 0 aliphatic rings. The van der Waals surface area contributed by atoms with Crippen molar-refractivity contribution in [2.24, 2.45) is 5.92 Å². The summed E-state index contributed by atoms with van der Waals surface area (Å²) in [5, 5.41) is 8.90. The van der Waals surface area contributed by atoms with Crippen molar-refractivity contribution in [2.75, 3.05) is 6.61 Å². The predicted octanol–water partition coefficient (Wildman–Crippen LogP) is 0.0662. The molecule has 1 amide bonds. The molecule has 2 atom stereocenters. The van der Waals surface area contributed by atoms with Gasteiger partial charge in [0.15, 0.2) is 0 Å². The Kier molecular flexibility index (Phi) is 6.63. The number of rotatable bonds is 7. The molecule has 3 N–H and O–H groups in total. The van der Waals surface area contributed by atoms with Gasteiger partial charge in [-0.3, -0.25) is 4.79 Å². The number of hydrogen-bond acceptors (Lipinski definition) is 5. The number of carboxylic acid groups (broad SMARTS) is 1. The lowest BCUT2D eigenvalue weighted by molar-refractivity contribution is -0.140. The van der Waals surface area contributed by atoms with Crippen molar-refractivity contribution in [1.29, 1.82) is 0 Å². The van der Waals surface area contributed by atoms with E-state index in [1.165, 1.54) is 6.92 Å². The zero-order chi connectivity index (χ0) is 14.3. The molecule has 0 aromatic rings. The third kappa shape index (κ3) is 5.82. The first-order valence-corrected chi connectivity index (χ1v) is 6.91. The Morgan fingerprint density at radius 2 is 1.89 bits per heavy atom. The van der Waals surface area contributed by atoms with Crippen LogP contribution in [0.4, 0.5) is 4.79 Å². The first-order valence-electron chi connectivity index (χ1n) is 5.43. The molecule has 0 heterocycles. The van der Waals surface area contributed by atoms with Crippen LogP contribution in [0.2, 0.25) is 0 Å². The third-order valence-corrected chi connectivity index (χ3v) is 3.25. The zero-order valence-electron chi connectivity index (χ0n) is 10.5. The van der Waals surface area contributed by atoms with Crippen molar-refractivity contribution in [3.05, 3.63) is 0 Å². The molecule has 0 fully saturated rings. The standard InChI is InChI=1S/C9H18N2O6S/c1-4-6(3)7(8(12)13)10-18(15,16)11-9(14)17-5-2/h6-7,10H,4-5H2,1-3H3,(H,11,14)(H,12,13)/t6?,7-/m0/s1. The van der Waals surface area contributed by atoms with Crippen LogP contribution in [-0.4, -0.2) is 38.2 Å². The second kappa shape index (κ2) is 7.17. The van der Waals surface area contributed by atoms with Crippen LogP contribution in [-0.2, 0) is 19.7 Å². The van der Waals surface area contributed by atoms with Gasteiger partial charge in [0.25, 0.3) is 0 Å². The van der Waals surface area contributed by atoms with Crippen molar-refractivity contribution in [3.8, 4) is 0 Å². The van der Waals surface area contributed by atoms with Crippen LogP contribution in [0.5, 0.6) is 0 Å². The van der Waals surface area contributed by atoms with Gasteiger partial charge in [-0.2, -0.15) is 13.1 Å². The summed E-state index contributed by atoms with van der Waals surface area (Å²) in [4.78, 5) is 21.9. The maximum Gasteiger partial charge on any atom is 0.421 e. The molecule has 0 aliphatic carbocycles. The molecule has 0 aromatic carbocycles. The normalized spacial score (nSPS) is 14.6. The molecule has 0 bridgehead atoms. The molecular formula is C9H18N2O6S. The van der Waals surface area contributed by atoms with E-state index in [0.717, 1.165) is 0 Å². The fourth-order valence-electron chi connectivity index (χ4n) is 1.11. The van der Waals surface area contributed by atoms with Crippen LogP contribution in [0.25, 0.3) is 0 Å². The van der Waals surface area contributed by atoms with Crippen LogP contribution < -0.4 is 9.44 Å². The Labute approximate surface area is 106 Å². The highest BCUT2D eigenvalue weighted by molar-refractivity contribution is 7.88. The number of carboxylic acids is 1. The van der Waals surface area contributed by atoms with Crippen LogP contribution in [0.3, 0.4) is 0 Å². The summed E-state index contributed by atoms with van der Waals surface area (Å²) < 4.78 is 30.8. The minimum absolute atomic E-state index is 0.00900. The third-order valence-electron chi connectivity index (χ3n) is 2.25. The lowest BCUT2D eigenvalue weighted by atomic mass is 10.0. The van der Waals surface area contributed by atoms with Gasteiger partial charge in [-0.05, 0) is 12.8 Å². The van der Waals surface area contributed by atoms with E-state index in [2.05, 4.69) is 4.74 Å². The summed E-state index contributed by atoms with van der Waals surface area (Å²) in [5.41, 5.74) is 0. The Hall–Kier alpha value is -1.35. The monoisotopic (exact) mass is 282 g/mol. The Bertz CT molecular complexity index is 394. The number of amides is 1. The molecule has 0 rings (SSSR count). The molecule has 0 spiro atoms. The van der Waals surface area contributed by atoms with Gasteiger partial charge in [-0.25, -0.2) is 9.52 Å². The maximum atomic E-state index is 11.5. The number of carbonyl (C=O) groups is 2. The Morgan fingerprint density at radius 3 is 2.28 bits per heavy atom. The van der Waals surface area contributed by atoms with E-state index in [1.54, 1.807) is 18.6 Å². The quantitative estimate of drug-likeness (QED) is 0.607. The number of nitrogens with one attached hydrogen (secondary N) is 2. The first kappa shape index (κ1) is 16.6. The summed E-state index contributed by atoms with van der Waals surface area (Å²) in [5.74, 6) is -1.72. The largest absolute Gasteiger partial charge is 0.480 e. The predicted molar refractivity (Wildman–Crippen MR) is 63.1 cm³/mol. The Balaban J connectivity index is 4.72. The fraction of sp³-hybridized carbons (Fsp3) is 0.778. The van der Waals surface area contributed by atoms with Crippen molar-refractivity contribution in [1.82, 2.24) is 9.44 Å². The number of hydrogen-bond donors (Lipinski definition) is 3. The van der Waals surface area contributed by atoms with Crippen molar-refractivity contribution < 1.29 is 27.9 Å². The van der Waals surface area contributed by atoms with E-state index in [-0.39, 0.29) is 6.61 Å². The molecule has 106 valence electrons. The lowest BCUT2D eigenvalue weighted by Crippen LogP contribution is -2.50. The fourth-order valence-corrected chi connectivity index (χ4v) is 2.12.